The lowest BCUT2D eigenvalue weighted by Crippen LogP contribution is -2.47. The number of rotatable bonds is 8. The number of amides is 3. The Balaban J connectivity index is 2.37. The first-order valence-electron chi connectivity index (χ1n) is 8.01. The third kappa shape index (κ3) is 6.67. The van der Waals surface area contributed by atoms with Crippen molar-refractivity contribution in [2.75, 3.05) is 26.7 Å². The fourth-order valence-corrected chi connectivity index (χ4v) is 3.09. The highest BCUT2D eigenvalue weighted by Gasteiger charge is 2.14. The maximum atomic E-state index is 12.0. The van der Waals surface area contributed by atoms with Gasteiger partial charge in [0.2, 0.25) is 5.91 Å². The van der Waals surface area contributed by atoms with Crippen molar-refractivity contribution in [1.82, 2.24) is 21.1 Å². The fraction of sp³-hybridized carbons (Fsp3) is 0.562. The molecule has 0 aromatic carbocycles. The average Bonchev–Trinajstić information content (AvgIpc) is 2.91. The van der Waals surface area contributed by atoms with E-state index in [-0.39, 0.29) is 30.8 Å². The SMILES string of the molecule is CCCNC(=O)CN(C)CC(=O)NNC(=O)c1cc(C)c(CC)s1. The Labute approximate surface area is 146 Å². The molecule has 1 heterocycles. The molecule has 0 aliphatic heterocycles. The minimum absolute atomic E-state index is 0.0174. The van der Waals surface area contributed by atoms with Crippen LogP contribution >= 0.6 is 11.3 Å². The van der Waals surface area contributed by atoms with Gasteiger partial charge in [0.1, 0.15) is 0 Å². The predicted octanol–water partition coefficient (Wildman–Crippen LogP) is 0.838. The van der Waals surface area contributed by atoms with Gasteiger partial charge in [-0.25, -0.2) is 0 Å². The van der Waals surface area contributed by atoms with Gasteiger partial charge >= 0.3 is 0 Å². The van der Waals surface area contributed by atoms with Gasteiger partial charge in [-0.2, -0.15) is 0 Å². The van der Waals surface area contributed by atoms with Crippen LogP contribution in [0.1, 0.15) is 40.4 Å². The van der Waals surface area contributed by atoms with Crippen LogP contribution in [0.5, 0.6) is 0 Å². The molecule has 3 amide bonds. The van der Waals surface area contributed by atoms with Crippen molar-refractivity contribution >= 4 is 29.1 Å². The van der Waals surface area contributed by atoms with Gasteiger partial charge in [-0.15, -0.1) is 11.3 Å². The second kappa shape index (κ2) is 10.0. The standard InChI is InChI=1S/C16H26N4O3S/c1-5-7-17-14(21)9-20(4)10-15(22)18-19-16(23)13-8-11(3)12(6-2)24-13/h8H,5-7,9-10H2,1-4H3,(H,17,21)(H,18,22)(H,19,23). The fourth-order valence-electron chi connectivity index (χ4n) is 2.08. The molecule has 1 aromatic heterocycles. The van der Waals surface area contributed by atoms with Gasteiger partial charge in [0.25, 0.3) is 11.8 Å². The van der Waals surface area contributed by atoms with Gasteiger partial charge in [-0.05, 0) is 38.4 Å². The summed E-state index contributed by atoms with van der Waals surface area (Å²) in [4.78, 5) is 38.7. The van der Waals surface area contributed by atoms with Crippen molar-refractivity contribution in [2.45, 2.75) is 33.6 Å². The molecule has 0 spiro atoms. The first kappa shape index (κ1) is 20.1. The van der Waals surface area contributed by atoms with Crippen LogP contribution in [0.25, 0.3) is 0 Å². The second-order valence-electron chi connectivity index (χ2n) is 5.59. The topological polar surface area (TPSA) is 90.5 Å². The molecule has 7 nitrogen and oxygen atoms in total. The van der Waals surface area contributed by atoms with Crippen molar-refractivity contribution in [2.24, 2.45) is 0 Å². The lowest BCUT2D eigenvalue weighted by Gasteiger charge is -2.15. The first-order valence-corrected chi connectivity index (χ1v) is 8.82. The number of carbonyl (C=O) groups is 3. The molecule has 134 valence electrons. The highest BCUT2D eigenvalue weighted by molar-refractivity contribution is 7.14. The molecule has 1 aromatic rings. The zero-order valence-corrected chi connectivity index (χ0v) is 15.5. The molecule has 8 heteroatoms. The number of nitrogens with zero attached hydrogens (tertiary/aromatic N) is 1. The Bertz CT molecular complexity index is 586. The van der Waals surface area contributed by atoms with Crippen LogP contribution in [0.4, 0.5) is 0 Å². The van der Waals surface area contributed by atoms with Crippen LogP contribution in [0.15, 0.2) is 6.07 Å². The quantitative estimate of drug-likeness (QED) is 0.604. The first-order chi connectivity index (χ1) is 11.4. The van der Waals surface area contributed by atoms with Crippen molar-refractivity contribution < 1.29 is 14.4 Å². The van der Waals surface area contributed by atoms with Gasteiger partial charge in [0.15, 0.2) is 0 Å². The molecule has 0 radical (unpaired) electrons. The molecular formula is C16H26N4O3S. The lowest BCUT2D eigenvalue weighted by atomic mass is 10.2. The summed E-state index contributed by atoms with van der Waals surface area (Å²) in [5.41, 5.74) is 5.85. The number of thiophene rings is 1. The smallest absolute Gasteiger partial charge is 0.279 e. The normalized spacial score (nSPS) is 10.5. The molecule has 0 fully saturated rings. The number of nitrogens with one attached hydrogen (secondary N) is 3. The summed E-state index contributed by atoms with van der Waals surface area (Å²) in [6.07, 6.45) is 1.74. The molecule has 0 atom stereocenters. The van der Waals surface area contributed by atoms with E-state index in [1.54, 1.807) is 11.9 Å². The summed E-state index contributed by atoms with van der Waals surface area (Å²) in [7, 11) is 1.67. The van der Waals surface area contributed by atoms with Gasteiger partial charge in [0.05, 0.1) is 18.0 Å². The van der Waals surface area contributed by atoms with Crippen molar-refractivity contribution in [3.8, 4) is 0 Å². The number of hydrazine groups is 1. The lowest BCUT2D eigenvalue weighted by molar-refractivity contribution is -0.125. The van der Waals surface area contributed by atoms with Crippen LogP contribution in [0.2, 0.25) is 0 Å². The monoisotopic (exact) mass is 354 g/mol. The van der Waals surface area contributed by atoms with E-state index < -0.39 is 0 Å². The predicted molar refractivity (Wildman–Crippen MR) is 94.8 cm³/mol. The largest absolute Gasteiger partial charge is 0.355 e. The highest BCUT2D eigenvalue weighted by Crippen LogP contribution is 2.21. The third-order valence-corrected chi connectivity index (χ3v) is 4.66. The summed E-state index contributed by atoms with van der Waals surface area (Å²) in [5.74, 6) is -0.838. The molecular weight excluding hydrogens is 328 g/mol. The summed E-state index contributed by atoms with van der Waals surface area (Å²) >= 11 is 1.42. The van der Waals surface area contributed by atoms with E-state index in [1.807, 2.05) is 26.8 Å². The molecule has 0 saturated carbocycles. The average molecular weight is 354 g/mol. The van der Waals surface area contributed by atoms with E-state index in [2.05, 4.69) is 16.2 Å². The van der Waals surface area contributed by atoms with Crippen LogP contribution < -0.4 is 16.2 Å². The van der Waals surface area contributed by atoms with E-state index in [1.165, 1.54) is 11.3 Å². The maximum absolute atomic E-state index is 12.0. The summed E-state index contributed by atoms with van der Waals surface area (Å²) < 4.78 is 0. The number of aryl methyl sites for hydroxylation is 2. The van der Waals surface area contributed by atoms with Gasteiger partial charge in [-0.3, -0.25) is 30.1 Å². The van der Waals surface area contributed by atoms with E-state index >= 15 is 0 Å². The van der Waals surface area contributed by atoms with Crippen molar-refractivity contribution in [3.05, 3.63) is 21.4 Å². The third-order valence-electron chi connectivity index (χ3n) is 3.28. The molecule has 0 bridgehead atoms. The molecule has 0 saturated heterocycles. The molecule has 0 aliphatic rings. The van der Waals surface area contributed by atoms with E-state index in [0.717, 1.165) is 23.3 Å². The zero-order chi connectivity index (χ0) is 18.1. The maximum Gasteiger partial charge on any atom is 0.279 e. The minimum atomic E-state index is -0.377. The summed E-state index contributed by atoms with van der Waals surface area (Å²) in [6, 6.07) is 1.81. The van der Waals surface area contributed by atoms with Crippen molar-refractivity contribution in [1.29, 1.82) is 0 Å². The van der Waals surface area contributed by atoms with E-state index in [0.29, 0.717) is 11.4 Å². The molecule has 24 heavy (non-hydrogen) atoms. The Morgan fingerprint density at radius 3 is 2.38 bits per heavy atom. The van der Waals surface area contributed by atoms with E-state index in [4.69, 9.17) is 0 Å². The van der Waals surface area contributed by atoms with Crippen LogP contribution in [-0.4, -0.2) is 49.3 Å². The Kier molecular flexibility index (Phi) is 8.42. The second-order valence-corrected chi connectivity index (χ2v) is 6.73. The number of carbonyl (C=O) groups excluding carboxylic acids is 3. The summed E-state index contributed by atoms with van der Waals surface area (Å²) in [6.45, 7) is 6.74. The van der Waals surface area contributed by atoms with Crippen LogP contribution in [0, 0.1) is 6.92 Å². The molecule has 0 unspecified atom stereocenters. The molecule has 0 aliphatic carbocycles. The Morgan fingerprint density at radius 1 is 1.12 bits per heavy atom. The highest BCUT2D eigenvalue weighted by atomic mass is 32.1. The minimum Gasteiger partial charge on any atom is -0.355 e. The Hall–Kier alpha value is -1.93. The molecule has 1 rings (SSSR count). The van der Waals surface area contributed by atoms with Gasteiger partial charge in [0, 0.05) is 11.4 Å². The van der Waals surface area contributed by atoms with Crippen LogP contribution in [0.3, 0.4) is 0 Å². The zero-order valence-electron chi connectivity index (χ0n) is 14.7. The number of hydrogen-bond acceptors (Lipinski definition) is 5. The Morgan fingerprint density at radius 2 is 1.79 bits per heavy atom. The number of likely N-dealkylation sites (N-methyl/N-ethyl adjacent to an activating group) is 1. The van der Waals surface area contributed by atoms with Gasteiger partial charge < -0.3 is 5.32 Å². The number of hydrogen-bond donors (Lipinski definition) is 3. The van der Waals surface area contributed by atoms with E-state index in [9.17, 15) is 14.4 Å². The van der Waals surface area contributed by atoms with Crippen molar-refractivity contribution in [3.63, 3.8) is 0 Å². The molecule has 3 N–H and O–H groups in total. The van der Waals surface area contributed by atoms with Gasteiger partial charge in [-0.1, -0.05) is 13.8 Å². The van der Waals surface area contributed by atoms with Crippen LogP contribution in [-0.2, 0) is 16.0 Å². The summed E-state index contributed by atoms with van der Waals surface area (Å²) in [5, 5.41) is 2.74.